The Kier molecular flexibility index (Phi) is 5.53. The normalized spacial score (nSPS) is 12.2. The van der Waals surface area contributed by atoms with E-state index in [9.17, 15) is 0 Å². The van der Waals surface area contributed by atoms with Crippen molar-refractivity contribution in [1.29, 1.82) is 0 Å². The van der Waals surface area contributed by atoms with Crippen LogP contribution in [0.15, 0.2) is 83.5 Å². The van der Waals surface area contributed by atoms with Crippen LogP contribution in [0.25, 0.3) is 61.1 Å². The summed E-state index contributed by atoms with van der Waals surface area (Å²) >= 11 is 0. The number of para-hydroxylation sites is 3. The predicted molar refractivity (Wildman–Crippen MR) is 163 cm³/mol. The summed E-state index contributed by atoms with van der Waals surface area (Å²) < 4.78 is 11.5. The zero-order valence-electron chi connectivity index (χ0n) is 23.9. The van der Waals surface area contributed by atoms with Gasteiger partial charge in [-0.05, 0) is 48.6 Å². The average Bonchev–Trinajstić information content (AvgIpc) is 3.48. The van der Waals surface area contributed by atoms with Gasteiger partial charge in [-0.3, -0.25) is 9.97 Å². The van der Waals surface area contributed by atoms with E-state index < -0.39 is 0 Å². The zero-order valence-corrected chi connectivity index (χ0v) is 23.9. The molecule has 0 bridgehead atoms. The number of furan rings is 1. The first-order valence-electron chi connectivity index (χ1n) is 14.0. The fraction of sp³-hybridized carbons (Fsp3) is 0.229. The van der Waals surface area contributed by atoms with E-state index in [2.05, 4.69) is 110 Å². The highest BCUT2D eigenvalue weighted by molar-refractivity contribution is 6.19. The third kappa shape index (κ3) is 3.43. The highest BCUT2D eigenvalue weighted by atomic mass is 16.3. The number of hydrogen-bond acceptors (Lipinski definition) is 3. The highest BCUT2D eigenvalue weighted by Gasteiger charge is 2.33. The first kappa shape index (κ1) is 24.5. The molecule has 5 heteroatoms. The first-order chi connectivity index (χ1) is 19.4. The number of rotatable bonds is 4. The van der Waals surface area contributed by atoms with Gasteiger partial charge in [0.2, 0.25) is 0 Å². The summed E-state index contributed by atoms with van der Waals surface area (Å²) in [7, 11) is 2.17. The topological polar surface area (TPSA) is 47.7 Å². The molecule has 5 nitrogen and oxygen atoms in total. The van der Waals surface area contributed by atoms with Gasteiger partial charge in [0.25, 0.3) is 5.82 Å². The molecule has 0 aliphatic heterocycles. The largest absolute Gasteiger partial charge is 0.455 e. The van der Waals surface area contributed by atoms with Crippen molar-refractivity contribution in [2.45, 2.75) is 46.5 Å². The summed E-state index contributed by atoms with van der Waals surface area (Å²) in [5.74, 6) is 1.83. The van der Waals surface area contributed by atoms with Gasteiger partial charge in [-0.25, -0.2) is 4.57 Å². The zero-order chi connectivity index (χ0) is 27.7. The van der Waals surface area contributed by atoms with Gasteiger partial charge in [0.15, 0.2) is 16.6 Å². The second kappa shape index (κ2) is 9.02. The highest BCUT2D eigenvalue weighted by Crippen LogP contribution is 2.42. The predicted octanol–water partition coefficient (Wildman–Crippen LogP) is 8.52. The van der Waals surface area contributed by atoms with E-state index in [0.29, 0.717) is 11.8 Å². The Morgan fingerprint density at radius 1 is 0.800 bits per heavy atom. The Balaban J connectivity index is 1.69. The molecule has 0 saturated heterocycles. The van der Waals surface area contributed by atoms with Crippen LogP contribution < -0.4 is 4.57 Å². The molecule has 0 fully saturated rings. The number of imidazole rings is 1. The standard InChI is InChI=1S/C35H33N4O/c1-20(2)23-10-9-11-24(21(3)4)33(23)39-28-13-8-7-12-27(28)38(6)35(39)30-22(5)14-15-25-31-29(40-34(25)30)17-16-26-32(31)37-19-18-36-26/h7-21H,1-6H3/q+1. The van der Waals surface area contributed by atoms with Gasteiger partial charge >= 0.3 is 0 Å². The lowest BCUT2D eigenvalue weighted by atomic mass is 9.92. The summed E-state index contributed by atoms with van der Waals surface area (Å²) in [6.45, 7) is 11.3. The Morgan fingerprint density at radius 2 is 1.52 bits per heavy atom. The molecular weight excluding hydrogens is 492 g/mol. The lowest BCUT2D eigenvalue weighted by Gasteiger charge is -2.18. The van der Waals surface area contributed by atoms with Crippen LogP contribution in [0, 0.1) is 6.92 Å². The van der Waals surface area contributed by atoms with Crippen LogP contribution in [0.5, 0.6) is 0 Å². The van der Waals surface area contributed by atoms with E-state index in [0.717, 1.165) is 49.9 Å². The van der Waals surface area contributed by atoms with Crippen molar-refractivity contribution in [2.24, 2.45) is 7.05 Å². The van der Waals surface area contributed by atoms with Crippen LogP contribution in [-0.4, -0.2) is 14.5 Å². The summed E-state index contributed by atoms with van der Waals surface area (Å²) in [5, 5.41) is 2.07. The first-order valence-corrected chi connectivity index (χ1v) is 14.0. The molecule has 3 heterocycles. The monoisotopic (exact) mass is 525 g/mol. The Labute approximate surface area is 233 Å². The number of hydrogen-bond donors (Lipinski definition) is 0. The Morgan fingerprint density at radius 3 is 2.27 bits per heavy atom. The molecule has 0 aliphatic rings. The molecule has 0 atom stereocenters. The maximum absolute atomic E-state index is 6.73. The second-order valence-electron chi connectivity index (χ2n) is 11.4. The minimum atomic E-state index is 0.362. The minimum Gasteiger partial charge on any atom is -0.455 e. The number of aryl methyl sites for hydroxylation is 2. The van der Waals surface area contributed by atoms with Crippen LogP contribution in [0.2, 0.25) is 0 Å². The van der Waals surface area contributed by atoms with Crippen molar-refractivity contribution in [1.82, 2.24) is 14.5 Å². The molecule has 7 aromatic rings. The van der Waals surface area contributed by atoms with Crippen LogP contribution in [-0.2, 0) is 7.05 Å². The van der Waals surface area contributed by atoms with Crippen LogP contribution >= 0.6 is 0 Å². The van der Waals surface area contributed by atoms with E-state index in [1.807, 2.05) is 12.1 Å². The maximum atomic E-state index is 6.73. The average molecular weight is 526 g/mol. The molecule has 198 valence electrons. The number of fused-ring (bicyclic) bond motifs is 6. The third-order valence-corrected chi connectivity index (χ3v) is 8.25. The van der Waals surface area contributed by atoms with Gasteiger partial charge in [-0.1, -0.05) is 70.2 Å². The fourth-order valence-corrected chi connectivity index (χ4v) is 6.33. The minimum absolute atomic E-state index is 0.362. The smallest absolute Gasteiger partial charge is 0.299 e. The number of aromatic nitrogens is 4. The fourth-order valence-electron chi connectivity index (χ4n) is 6.33. The molecule has 40 heavy (non-hydrogen) atoms. The van der Waals surface area contributed by atoms with E-state index in [1.54, 1.807) is 12.4 Å². The van der Waals surface area contributed by atoms with E-state index in [4.69, 9.17) is 9.40 Å². The van der Waals surface area contributed by atoms with Gasteiger partial charge in [0.1, 0.15) is 22.4 Å². The van der Waals surface area contributed by atoms with Crippen LogP contribution in [0.1, 0.15) is 56.2 Å². The molecule has 0 aliphatic carbocycles. The lowest BCUT2D eigenvalue weighted by molar-refractivity contribution is -0.633. The summed E-state index contributed by atoms with van der Waals surface area (Å²) in [6, 6.07) is 23.9. The molecule has 3 aromatic heterocycles. The molecule has 0 amide bonds. The van der Waals surface area contributed by atoms with Crippen molar-refractivity contribution < 1.29 is 8.98 Å². The maximum Gasteiger partial charge on any atom is 0.299 e. The molecule has 4 aromatic carbocycles. The molecule has 0 spiro atoms. The van der Waals surface area contributed by atoms with Gasteiger partial charge < -0.3 is 4.42 Å². The number of benzene rings is 4. The summed E-state index contributed by atoms with van der Waals surface area (Å²) in [4.78, 5) is 9.26. The second-order valence-corrected chi connectivity index (χ2v) is 11.4. The van der Waals surface area contributed by atoms with E-state index in [1.165, 1.54) is 27.8 Å². The van der Waals surface area contributed by atoms with E-state index in [-0.39, 0.29) is 0 Å². The molecule has 7 rings (SSSR count). The SMILES string of the molecule is Cc1ccc2c(oc3ccc4nccnc4c32)c1-c1n(-c2c(C(C)C)cccc2C(C)C)c2ccccc2[n+]1C. The van der Waals surface area contributed by atoms with Crippen molar-refractivity contribution in [3.63, 3.8) is 0 Å². The van der Waals surface area contributed by atoms with Crippen molar-refractivity contribution in [2.75, 3.05) is 0 Å². The van der Waals surface area contributed by atoms with Crippen LogP contribution in [0.4, 0.5) is 0 Å². The van der Waals surface area contributed by atoms with Gasteiger partial charge in [-0.2, -0.15) is 4.57 Å². The van der Waals surface area contributed by atoms with Crippen molar-refractivity contribution >= 4 is 44.0 Å². The Hall–Kier alpha value is -4.51. The lowest BCUT2D eigenvalue weighted by Crippen LogP contribution is -2.30. The van der Waals surface area contributed by atoms with Gasteiger partial charge in [-0.15, -0.1) is 0 Å². The molecule has 0 unspecified atom stereocenters. The third-order valence-electron chi connectivity index (χ3n) is 8.25. The molecule has 0 radical (unpaired) electrons. The molecular formula is C35H33N4O+. The van der Waals surface area contributed by atoms with Crippen molar-refractivity contribution in [3.8, 4) is 17.1 Å². The quantitative estimate of drug-likeness (QED) is 0.216. The summed E-state index contributed by atoms with van der Waals surface area (Å²) in [6.07, 6.45) is 3.49. The molecule has 0 N–H and O–H groups in total. The summed E-state index contributed by atoms with van der Waals surface area (Å²) in [5.41, 5.74) is 12.0. The van der Waals surface area contributed by atoms with E-state index >= 15 is 0 Å². The van der Waals surface area contributed by atoms with Gasteiger partial charge in [0.05, 0.1) is 18.0 Å². The van der Waals surface area contributed by atoms with Gasteiger partial charge in [0, 0.05) is 28.9 Å². The molecule has 0 saturated carbocycles. The van der Waals surface area contributed by atoms with Crippen molar-refractivity contribution in [3.05, 3.63) is 95.8 Å². The number of nitrogens with zero attached hydrogens (tertiary/aromatic N) is 4. The van der Waals surface area contributed by atoms with Crippen LogP contribution in [0.3, 0.4) is 0 Å². The Bertz CT molecular complexity index is 2070.